The Morgan fingerprint density at radius 1 is 1.33 bits per heavy atom. The van der Waals surface area contributed by atoms with Crippen LogP contribution >= 0.6 is 19.5 Å². The molecule has 15 heavy (non-hydrogen) atoms. The molecule has 0 fully saturated rings. The Labute approximate surface area is 95.8 Å². The lowest BCUT2D eigenvalue weighted by molar-refractivity contribution is 0.221. The largest absolute Gasteiger partial charge is 0.456 e. The monoisotopic (exact) mass is 254 g/mol. The zero-order valence-electron chi connectivity index (χ0n) is 9.89. The summed E-state index contributed by atoms with van der Waals surface area (Å²) < 4.78 is 26.2. The molecule has 7 heteroatoms. The van der Waals surface area contributed by atoms with Crippen LogP contribution in [0.1, 0.15) is 13.8 Å². The fourth-order valence-electron chi connectivity index (χ4n) is 0.839. The Balaban J connectivity index is 4.84. The molecule has 0 aliphatic rings. The first-order valence-corrected chi connectivity index (χ1v) is 7.41. The molecule has 0 amide bonds. The summed E-state index contributed by atoms with van der Waals surface area (Å²) in [5, 5.41) is 0.625. The summed E-state index contributed by atoms with van der Waals surface area (Å²) in [6.45, 7) is 4.15. The summed E-state index contributed by atoms with van der Waals surface area (Å²) >= 11 is 1.40. The zero-order chi connectivity index (χ0) is 11.9. The Bertz CT molecular complexity index is 248. The first-order valence-electron chi connectivity index (χ1n) is 4.69. The Morgan fingerprint density at radius 2 is 1.80 bits per heavy atom. The highest BCUT2D eigenvalue weighted by Crippen LogP contribution is 2.50. The lowest BCUT2D eigenvalue weighted by Gasteiger charge is -2.17. The van der Waals surface area contributed by atoms with Gasteiger partial charge in [-0.15, -0.1) is 0 Å². The quantitative estimate of drug-likeness (QED) is 0.428. The number of thioether (sulfide) groups is 1. The second-order valence-corrected chi connectivity index (χ2v) is 5.21. The van der Waals surface area contributed by atoms with Gasteiger partial charge in [-0.05, 0) is 20.1 Å². The lowest BCUT2D eigenvalue weighted by Crippen LogP contribution is -2.18. The summed E-state index contributed by atoms with van der Waals surface area (Å²) in [5.41, 5.74) is 0. The van der Waals surface area contributed by atoms with Crippen LogP contribution in [0.15, 0.2) is 4.76 Å². The predicted molar refractivity (Wildman–Crippen MR) is 65.5 cm³/mol. The molecule has 0 aliphatic carbocycles. The maximum absolute atomic E-state index is 12.0. The number of nitrogens with zero attached hydrogens (tertiary/aromatic N) is 2. The number of hydrogen-bond donors (Lipinski definition) is 0. The van der Waals surface area contributed by atoms with Crippen molar-refractivity contribution in [3.8, 4) is 0 Å². The van der Waals surface area contributed by atoms with Crippen molar-refractivity contribution in [3.05, 3.63) is 0 Å². The van der Waals surface area contributed by atoms with Gasteiger partial charge in [0.2, 0.25) is 0 Å². The van der Waals surface area contributed by atoms with Gasteiger partial charge in [-0.25, -0.2) is 4.57 Å². The molecule has 0 aromatic carbocycles. The molecule has 0 heterocycles. The van der Waals surface area contributed by atoms with Gasteiger partial charge in [0.1, 0.15) is 0 Å². The molecule has 0 radical (unpaired) electrons. The van der Waals surface area contributed by atoms with Gasteiger partial charge in [0.05, 0.1) is 13.2 Å². The average molecular weight is 254 g/mol. The molecule has 0 spiro atoms. The van der Waals surface area contributed by atoms with Crippen molar-refractivity contribution >= 4 is 24.7 Å². The minimum Gasteiger partial charge on any atom is -0.357 e. The van der Waals surface area contributed by atoms with Gasteiger partial charge in [-0.3, -0.25) is 9.05 Å². The van der Waals surface area contributed by atoms with Crippen molar-refractivity contribution in [2.24, 2.45) is 4.76 Å². The second kappa shape index (κ2) is 7.28. The molecule has 0 bridgehead atoms. The van der Waals surface area contributed by atoms with Crippen molar-refractivity contribution in [2.75, 3.05) is 33.6 Å². The molecule has 0 N–H and O–H groups in total. The molecule has 0 aliphatic heterocycles. The lowest BCUT2D eigenvalue weighted by atomic mass is 10.9. The van der Waals surface area contributed by atoms with Crippen molar-refractivity contribution < 1.29 is 13.6 Å². The normalized spacial score (nSPS) is 13.0. The van der Waals surface area contributed by atoms with Crippen LogP contribution in [0.5, 0.6) is 0 Å². The third-order valence-electron chi connectivity index (χ3n) is 1.36. The van der Waals surface area contributed by atoms with Crippen LogP contribution in [-0.4, -0.2) is 43.6 Å². The van der Waals surface area contributed by atoms with Crippen LogP contribution < -0.4 is 0 Å². The van der Waals surface area contributed by atoms with Crippen LogP contribution in [0, 0.1) is 0 Å². The highest BCUT2D eigenvalue weighted by Gasteiger charge is 2.24. The topological polar surface area (TPSA) is 51.1 Å². The molecular formula is C8H19N2O3PS. The third kappa shape index (κ3) is 5.56. The van der Waals surface area contributed by atoms with Crippen molar-refractivity contribution in [1.29, 1.82) is 0 Å². The van der Waals surface area contributed by atoms with E-state index >= 15 is 0 Å². The number of hydrogen-bond acceptors (Lipinski definition) is 4. The van der Waals surface area contributed by atoms with Crippen LogP contribution in [0.4, 0.5) is 0 Å². The van der Waals surface area contributed by atoms with E-state index in [1.165, 1.54) is 11.8 Å². The molecular weight excluding hydrogens is 235 g/mol. The molecule has 0 saturated heterocycles. The SMILES string of the molecule is CCOP(=O)(N=C(SC)N(C)C)OCC. The van der Waals surface area contributed by atoms with Crippen molar-refractivity contribution in [3.63, 3.8) is 0 Å². The van der Waals surface area contributed by atoms with Gasteiger partial charge >= 0.3 is 7.75 Å². The van der Waals surface area contributed by atoms with Gasteiger partial charge in [0.25, 0.3) is 0 Å². The van der Waals surface area contributed by atoms with E-state index in [9.17, 15) is 4.57 Å². The van der Waals surface area contributed by atoms with E-state index in [1.54, 1.807) is 18.7 Å². The van der Waals surface area contributed by atoms with E-state index < -0.39 is 7.75 Å². The Kier molecular flexibility index (Phi) is 7.26. The molecule has 5 nitrogen and oxygen atoms in total. The van der Waals surface area contributed by atoms with Crippen LogP contribution in [-0.2, 0) is 13.6 Å². The van der Waals surface area contributed by atoms with Crippen LogP contribution in [0.3, 0.4) is 0 Å². The van der Waals surface area contributed by atoms with Crippen molar-refractivity contribution in [1.82, 2.24) is 4.90 Å². The maximum Gasteiger partial charge on any atom is 0.456 e. The maximum atomic E-state index is 12.0. The fourth-order valence-corrected chi connectivity index (χ4v) is 3.06. The molecule has 0 saturated carbocycles. The summed E-state index contributed by atoms with van der Waals surface area (Å²) in [6.07, 6.45) is 1.86. The van der Waals surface area contributed by atoms with Gasteiger partial charge in [-0.2, -0.15) is 4.76 Å². The highest BCUT2D eigenvalue weighted by molar-refractivity contribution is 8.13. The standard InChI is InChI=1S/C8H19N2O3PS/c1-6-12-14(11,13-7-2)9-8(15-5)10(3)4/h6-7H2,1-5H3. The summed E-state index contributed by atoms with van der Waals surface area (Å²) in [5.74, 6) is 0. The van der Waals surface area contributed by atoms with Crippen LogP contribution in [0.25, 0.3) is 0 Å². The average Bonchev–Trinajstić information content (AvgIpc) is 2.14. The second-order valence-electron chi connectivity index (χ2n) is 2.79. The first-order chi connectivity index (χ1) is 6.99. The minimum atomic E-state index is -3.32. The van der Waals surface area contributed by atoms with Gasteiger partial charge in [0.15, 0.2) is 5.17 Å². The molecule has 0 atom stereocenters. The van der Waals surface area contributed by atoms with Gasteiger partial charge in [0, 0.05) is 14.1 Å². The molecule has 90 valence electrons. The smallest absolute Gasteiger partial charge is 0.357 e. The van der Waals surface area contributed by atoms with E-state index in [2.05, 4.69) is 4.76 Å². The highest BCUT2D eigenvalue weighted by atomic mass is 32.2. The molecule has 0 aromatic rings. The van der Waals surface area contributed by atoms with E-state index in [-0.39, 0.29) is 0 Å². The van der Waals surface area contributed by atoms with Gasteiger partial charge < -0.3 is 4.90 Å². The summed E-state index contributed by atoms with van der Waals surface area (Å²) in [4.78, 5) is 1.77. The molecule has 0 rings (SSSR count). The third-order valence-corrected chi connectivity index (χ3v) is 3.92. The minimum absolute atomic E-state index is 0.315. The summed E-state index contributed by atoms with van der Waals surface area (Å²) in [7, 11) is 0.341. The van der Waals surface area contributed by atoms with E-state index in [1.807, 2.05) is 20.4 Å². The number of amidine groups is 1. The first kappa shape index (κ1) is 15.0. The molecule has 0 unspecified atom stereocenters. The Hall–Kier alpha value is -0.0300. The fraction of sp³-hybridized carbons (Fsp3) is 0.875. The van der Waals surface area contributed by atoms with E-state index in [4.69, 9.17) is 9.05 Å². The van der Waals surface area contributed by atoms with E-state index in [0.29, 0.717) is 18.4 Å². The Morgan fingerprint density at radius 3 is 2.07 bits per heavy atom. The number of rotatable bonds is 5. The molecule has 0 aromatic heterocycles. The van der Waals surface area contributed by atoms with Gasteiger partial charge in [-0.1, -0.05) is 11.8 Å². The predicted octanol–water partition coefficient (Wildman–Crippen LogP) is 2.45. The summed E-state index contributed by atoms with van der Waals surface area (Å²) in [6, 6.07) is 0. The zero-order valence-corrected chi connectivity index (χ0v) is 11.6. The van der Waals surface area contributed by atoms with Crippen molar-refractivity contribution in [2.45, 2.75) is 13.8 Å². The van der Waals surface area contributed by atoms with E-state index in [0.717, 1.165) is 0 Å². The van der Waals surface area contributed by atoms with Crippen LogP contribution in [0.2, 0.25) is 0 Å².